The molecule has 0 spiro atoms. The average Bonchev–Trinajstić information content (AvgIpc) is 2.45. The predicted molar refractivity (Wildman–Crippen MR) is 45.0 cm³/mol. The summed E-state index contributed by atoms with van der Waals surface area (Å²) in [5.74, 6) is -0.130. The maximum Gasteiger partial charge on any atom is 0.304 e. The van der Waals surface area contributed by atoms with Crippen molar-refractivity contribution in [3.05, 3.63) is 12.2 Å². The van der Waals surface area contributed by atoms with Crippen LogP contribution in [-0.4, -0.2) is 32.4 Å². The molecular weight excluding hydrogens is 172 g/mol. The number of nitrogens with zero attached hydrogens (tertiary/aromatic N) is 3. The molecule has 2 N–H and O–H groups in total. The van der Waals surface area contributed by atoms with E-state index >= 15 is 0 Å². The minimum Gasteiger partial charge on any atom is -0.481 e. The van der Waals surface area contributed by atoms with Crippen molar-refractivity contribution in [2.24, 2.45) is 7.05 Å². The Labute approximate surface area is 75.6 Å². The lowest BCUT2D eigenvalue weighted by atomic mass is 10.4. The lowest BCUT2D eigenvalue weighted by Crippen LogP contribution is -2.18. The third-order valence-electron chi connectivity index (χ3n) is 1.45. The molecule has 6 nitrogen and oxygen atoms in total. The molecule has 0 unspecified atom stereocenters. The van der Waals surface area contributed by atoms with Crippen molar-refractivity contribution in [1.29, 1.82) is 0 Å². The van der Waals surface area contributed by atoms with Gasteiger partial charge in [-0.05, 0) is 0 Å². The molecule has 0 radical (unpaired) electrons. The molecule has 1 aromatic rings. The van der Waals surface area contributed by atoms with Gasteiger partial charge in [0, 0.05) is 13.6 Å². The van der Waals surface area contributed by atoms with E-state index in [1.54, 1.807) is 18.1 Å². The fraction of sp³-hybridized carbons (Fsp3) is 0.571. The molecule has 13 heavy (non-hydrogen) atoms. The second kappa shape index (κ2) is 4.56. The second-order valence-electron chi connectivity index (χ2n) is 2.65. The number of aromatic nitrogens is 3. The van der Waals surface area contributed by atoms with Crippen LogP contribution in [-0.2, 0) is 18.4 Å². The number of carboxylic acid groups (broad SMARTS) is 1. The quantitative estimate of drug-likeness (QED) is 0.596. The number of hydrogen-bond donors (Lipinski definition) is 2. The van der Waals surface area contributed by atoms with Gasteiger partial charge in [0.25, 0.3) is 0 Å². The summed E-state index contributed by atoms with van der Waals surface area (Å²) < 4.78 is 1.61. The van der Waals surface area contributed by atoms with E-state index in [0.717, 1.165) is 0 Å². The van der Waals surface area contributed by atoms with Crippen molar-refractivity contribution in [2.45, 2.75) is 13.0 Å². The van der Waals surface area contributed by atoms with Crippen molar-refractivity contribution >= 4 is 5.97 Å². The van der Waals surface area contributed by atoms with Crippen molar-refractivity contribution in [1.82, 2.24) is 20.1 Å². The second-order valence-corrected chi connectivity index (χ2v) is 2.65. The molecule has 1 aromatic heterocycles. The summed E-state index contributed by atoms with van der Waals surface area (Å²) in [4.78, 5) is 14.1. The minimum absolute atomic E-state index is 0.118. The number of aliphatic carboxylic acids is 1. The summed E-state index contributed by atoms with van der Waals surface area (Å²) in [6.07, 6.45) is 1.72. The summed E-state index contributed by atoms with van der Waals surface area (Å²) in [7, 11) is 1.79. The average molecular weight is 184 g/mol. The molecule has 0 aliphatic heterocycles. The zero-order valence-corrected chi connectivity index (χ0v) is 7.40. The Morgan fingerprint density at radius 2 is 2.54 bits per heavy atom. The standard InChI is InChI=1S/C7H12N4O2/c1-11-5-9-6(10-11)4-8-3-2-7(12)13/h5,8H,2-4H2,1H3,(H,12,13). The van der Waals surface area contributed by atoms with Crippen LogP contribution in [0.2, 0.25) is 0 Å². The Kier molecular flexibility index (Phi) is 3.39. The van der Waals surface area contributed by atoms with Gasteiger partial charge in [0.15, 0.2) is 5.82 Å². The van der Waals surface area contributed by atoms with E-state index in [2.05, 4.69) is 15.4 Å². The van der Waals surface area contributed by atoms with Crippen molar-refractivity contribution in [2.75, 3.05) is 6.54 Å². The minimum atomic E-state index is -0.804. The largest absolute Gasteiger partial charge is 0.481 e. The predicted octanol–water partition coefficient (Wildman–Crippen LogP) is -0.621. The van der Waals surface area contributed by atoms with Crippen molar-refractivity contribution in [3.63, 3.8) is 0 Å². The molecule has 1 rings (SSSR count). The summed E-state index contributed by atoms with van der Waals surface area (Å²) in [5, 5.41) is 15.3. The van der Waals surface area contributed by atoms with Gasteiger partial charge >= 0.3 is 5.97 Å². The van der Waals surface area contributed by atoms with E-state index in [9.17, 15) is 4.79 Å². The number of nitrogens with one attached hydrogen (secondary N) is 1. The van der Waals surface area contributed by atoms with Gasteiger partial charge < -0.3 is 10.4 Å². The fourth-order valence-corrected chi connectivity index (χ4v) is 0.860. The highest BCUT2D eigenvalue weighted by Gasteiger charge is 1.99. The summed E-state index contributed by atoms with van der Waals surface area (Å²) in [6.45, 7) is 0.946. The zero-order valence-electron chi connectivity index (χ0n) is 7.40. The molecule has 0 bridgehead atoms. The maximum absolute atomic E-state index is 10.1. The summed E-state index contributed by atoms with van der Waals surface area (Å²) in [5.41, 5.74) is 0. The first-order valence-electron chi connectivity index (χ1n) is 3.95. The Morgan fingerprint density at radius 1 is 1.77 bits per heavy atom. The number of rotatable bonds is 5. The molecule has 0 fully saturated rings. The normalized spacial score (nSPS) is 10.2. The van der Waals surface area contributed by atoms with E-state index in [1.165, 1.54) is 0 Å². The highest BCUT2D eigenvalue weighted by Crippen LogP contribution is 1.86. The molecule has 6 heteroatoms. The molecule has 1 heterocycles. The van der Waals surface area contributed by atoms with Crippen molar-refractivity contribution in [3.8, 4) is 0 Å². The lowest BCUT2D eigenvalue weighted by molar-refractivity contribution is -0.136. The molecule has 0 aromatic carbocycles. The van der Waals surface area contributed by atoms with Crippen molar-refractivity contribution < 1.29 is 9.90 Å². The number of aryl methyl sites for hydroxylation is 1. The summed E-state index contributed by atoms with van der Waals surface area (Å²) in [6, 6.07) is 0. The third kappa shape index (κ3) is 3.66. The fourth-order valence-electron chi connectivity index (χ4n) is 0.860. The van der Waals surface area contributed by atoms with Gasteiger partial charge in [-0.1, -0.05) is 0 Å². The molecular formula is C7H12N4O2. The van der Waals surface area contributed by atoms with E-state index in [1.807, 2.05) is 0 Å². The lowest BCUT2D eigenvalue weighted by Gasteiger charge is -1.97. The van der Waals surface area contributed by atoms with Crippen LogP contribution in [0.3, 0.4) is 0 Å². The molecule has 0 saturated heterocycles. The van der Waals surface area contributed by atoms with Crippen LogP contribution >= 0.6 is 0 Å². The van der Waals surface area contributed by atoms with Crippen LogP contribution < -0.4 is 5.32 Å². The first-order chi connectivity index (χ1) is 6.18. The van der Waals surface area contributed by atoms with E-state index in [0.29, 0.717) is 18.9 Å². The van der Waals surface area contributed by atoms with Crippen LogP contribution in [0.5, 0.6) is 0 Å². The molecule has 0 aliphatic rings. The van der Waals surface area contributed by atoms with E-state index in [4.69, 9.17) is 5.11 Å². The van der Waals surface area contributed by atoms with Gasteiger partial charge in [-0.25, -0.2) is 4.98 Å². The van der Waals surface area contributed by atoms with Gasteiger partial charge in [-0.15, -0.1) is 0 Å². The van der Waals surface area contributed by atoms with E-state index in [-0.39, 0.29) is 6.42 Å². The number of carboxylic acids is 1. The Balaban J connectivity index is 2.16. The van der Waals surface area contributed by atoms with Gasteiger partial charge in [0.2, 0.25) is 0 Å². The van der Waals surface area contributed by atoms with Crippen LogP contribution in [0.1, 0.15) is 12.2 Å². The molecule has 0 amide bonds. The third-order valence-corrected chi connectivity index (χ3v) is 1.45. The van der Waals surface area contributed by atoms with Gasteiger partial charge in [-0.3, -0.25) is 9.48 Å². The Bertz CT molecular complexity index is 284. The van der Waals surface area contributed by atoms with Gasteiger partial charge in [-0.2, -0.15) is 5.10 Å². The summed E-state index contributed by atoms with van der Waals surface area (Å²) >= 11 is 0. The molecule has 0 aliphatic carbocycles. The number of carbonyl (C=O) groups is 1. The number of hydrogen-bond acceptors (Lipinski definition) is 4. The van der Waals surface area contributed by atoms with E-state index < -0.39 is 5.97 Å². The highest BCUT2D eigenvalue weighted by molar-refractivity contribution is 5.66. The first kappa shape index (κ1) is 9.66. The van der Waals surface area contributed by atoms with Gasteiger partial charge in [0.1, 0.15) is 6.33 Å². The molecule has 0 atom stereocenters. The topological polar surface area (TPSA) is 80.0 Å². The van der Waals surface area contributed by atoms with Crippen LogP contribution in [0.25, 0.3) is 0 Å². The van der Waals surface area contributed by atoms with Gasteiger partial charge in [0.05, 0.1) is 13.0 Å². The zero-order chi connectivity index (χ0) is 9.68. The molecule has 72 valence electrons. The smallest absolute Gasteiger partial charge is 0.304 e. The van der Waals surface area contributed by atoms with Crippen LogP contribution in [0.15, 0.2) is 6.33 Å². The Hall–Kier alpha value is -1.43. The monoisotopic (exact) mass is 184 g/mol. The van der Waals surface area contributed by atoms with Crippen LogP contribution in [0.4, 0.5) is 0 Å². The first-order valence-corrected chi connectivity index (χ1v) is 3.95. The maximum atomic E-state index is 10.1. The van der Waals surface area contributed by atoms with Crippen LogP contribution in [0, 0.1) is 0 Å². The molecule has 0 saturated carbocycles. The SMILES string of the molecule is Cn1cnc(CNCCC(=O)O)n1. The Morgan fingerprint density at radius 3 is 3.08 bits per heavy atom. The highest BCUT2D eigenvalue weighted by atomic mass is 16.4.